The van der Waals surface area contributed by atoms with Crippen LogP contribution in [-0.4, -0.2) is 32.4 Å². The average Bonchev–Trinajstić information content (AvgIpc) is 2.38. The highest BCUT2D eigenvalue weighted by Crippen LogP contribution is 2.38. The Labute approximate surface area is 116 Å². The molecule has 0 spiro atoms. The molecule has 20 heavy (non-hydrogen) atoms. The fourth-order valence-electron chi connectivity index (χ4n) is 1.38. The van der Waals surface area contributed by atoms with Crippen molar-refractivity contribution in [2.45, 2.75) is 6.92 Å². The van der Waals surface area contributed by atoms with Crippen LogP contribution in [0.15, 0.2) is 22.3 Å². The van der Waals surface area contributed by atoms with Gasteiger partial charge in [0.25, 0.3) is 0 Å². The van der Waals surface area contributed by atoms with Crippen molar-refractivity contribution in [3.05, 3.63) is 17.7 Å². The molecule has 0 aliphatic carbocycles. The first kappa shape index (κ1) is 15.3. The highest BCUT2D eigenvalue weighted by molar-refractivity contribution is 5.84. The summed E-state index contributed by atoms with van der Waals surface area (Å²) in [6.07, 6.45) is 1.41. The molecule has 108 valence electrons. The molecule has 0 aliphatic rings. The number of carbonyl (C=O) groups excluding carboxylic acids is 1. The molecule has 0 amide bonds. The van der Waals surface area contributed by atoms with E-state index in [4.69, 9.17) is 25.7 Å². The Bertz CT molecular complexity index is 525. The van der Waals surface area contributed by atoms with Crippen molar-refractivity contribution < 1.29 is 19.0 Å². The molecule has 0 saturated carbocycles. The van der Waals surface area contributed by atoms with Crippen LogP contribution in [-0.2, 0) is 4.79 Å². The molecule has 0 bridgehead atoms. The van der Waals surface area contributed by atoms with Crippen LogP contribution in [0, 0.1) is 0 Å². The topological polar surface area (TPSA) is 122 Å². The number of nitrogens with two attached hydrogens (primary N) is 2. The minimum Gasteiger partial charge on any atom is -0.493 e. The third-order valence-electron chi connectivity index (χ3n) is 2.11. The number of nitrogens with zero attached hydrogens (tertiary/aromatic N) is 2. The molecular weight excluding hydrogens is 264 g/mol. The molecule has 0 saturated heterocycles. The average molecular weight is 280 g/mol. The van der Waals surface area contributed by atoms with Crippen LogP contribution in [0.2, 0.25) is 0 Å². The number of hydrogen-bond donors (Lipinski definition) is 2. The first-order valence-corrected chi connectivity index (χ1v) is 5.54. The first-order valence-electron chi connectivity index (χ1n) is 5.54. The van der Waals surface area contributed by atoms with E-state index in [1.54, 1.807) is 12.1 Å². The standard InChI is InChI=1S/C12H16N4O4/c1-7(17)20-11-9(18-2)4-8(5-10(11)19-3)6-15-16-12(13)14/h4-6H,1-3H3,(H4,13,14,16)/b15-6+. The van der Waals surface area contributed by atoms with Gasteiger partial charge in [-0.05, 0) is 12.1 Å². The fraction of sp³-hybridized carbons (Fsp3) is 0.250. The Morgan fingerprint density at radius 2 is 1.75 bits per heavy atom. The third-order valence-corrected chi connectivity index (χ3v) is 2.11. The summed E-state index contributed by atoms with van der Waals surface area (Å²) in [6.45, 7) is 1.28. The maximum Gasteiger partial charge on any atom is 0.308 e. The lowest BCUT2D eigenvalue weighted by Gasteiger charge is -2.12. The van der Waals surface area contributed by atoms with Gasteiger partial charge in [-0.25, -0.2) is 0 Å². The van der Waals surface area contributed by atoms with Crippen molar-refractivity contribution in [3.8, 4) is 17.2 Å². The largest absolute Gasteiger partial charge is 0.493 e. The van der Waals surface area contributed by atoms with Gasteiger partial charge in [0, 0.05) is 12.5 Å². The lowest BCUT2D eigenvalue weighted by Crippen LogP contribution is -2.21. The summed E-state index contributed by atoms with van der Waals surface area (Å²) in [4.78, 5) is 11.1. The molecule has 8 heteroatoms. The number of ether oxygens (including phenoxy) is 3. The Morgan fingerprint density at radius 3 is 2.15 bits per heavy atom. The molecule has 0 aromatic heterocycles. The zero-order chi connectivity index (χ0) is 15.1. The van der Waals surface area contributed by atoms with Crippen molar-refractivity contribution in [2.75, 3.05) is 14.2 Å². The number of benzene rings is 1. The quantitative estimate of drug-likeness (QED) is 0.262. The van der Waals surface area contributed by atoms with Crippen molar-refractivity contribution in [2.24, 2.45) is 21.7 Å². The Kier molecular flexibility index (Phi) is 5.33. The lowest BCUT2D eigenvalue weighted by atomic mass is 10.2. The molecule has 0 heterocycles. The predicted octanol–water partition coefficient (Wildman–Crippen LogP) is 0.236. The lowest BCUT2D eigenvalue weighted by molar-refractivity contribution is -0.132. The molecule has 8 nitrogen and oxygen atoms in total. The van der Waals surface area contributed by atoms with Gasteiger partial charge in [-0.3, -0.25) is 4.79 Å². The van der Waals surface area contributed by atoms with Gasteiger partial charge in [-0.15, -0.1) is 5.10 Å². The number of esters is 1. The number of methoxy groups -OCH3 is 2. The highest BCUT2D eigenvalue weighted by Gasteiger charge is 2.15. The van der Waals surface area contributed by atoms with Gasteiger partial charge < -0.3 is 25.7 Å². The van der Waals surface area contributed by atoms with E-state index in [1.807, 2.05) is 0 Å². The van der Waals surface area contributed by atoms with Gasteiger partial charge in [0.2, 0.25) is 11.7 Å². The second kappa shape index (κ2) is 6.98. The fourth-order valence-corrected chi connectivity index (χ4v) is 1.38. The molecule has 0 unspecified atom stereocenters. The van der Waals surface area contributed by atoms with Crippen LogP contribution in [0.1, 0.15) is 12.5 Å². The van der Waals surface area contributed by atoms with E-state index >= 15 is 0 Å². The van der Waals surface area contributed by atoms with E-state index in [2.05, 4.69) is 10.2 Å². The van der Waals surface area contributed by atoms with Crippen LogP contribution in [0.25, 0.3) is 0 Å². The summed E-state index contributed by atoms with van der Waals surface area (Å²) in [5, 5.41) is 7.15. The second-order valence-corrected chi connectivity index (χ2v) is 3.62. The molecule has 0 radical (unpaired) electrons. The number of rotatable bonds is 5. The summed E-state index contributed by atoms with van der Waals surface area (Å²) in [7, 11) is 2.89. The second-order valence-electron chi connectivity index (χ2n) is 3.62. The van der Waals surface area contributed by atoms with Crippen molar-refractivity contribution >= 4 is 18.1 Å². The normalized spacial score (nSPS) is 10.2. The van der Waals surface area contributed by atoms with E-state index < -0.39 is 5.97 Å². The van der Waals surface area contributed by atoms with Crippen LogP contribution in [0.4, 0.5) is 0 Å². The maximum atomic E-state index is 11.1. The minimum absolute atomic E-state index is 0.156. The summed E-state index contributed by atoms with van der Waals surface area (Å²) in [5.74, 6) is 0.207. The van der Waals surface area contributed by atoms with E-state index in [-0.39, 0.29) is 11.7 Å². The number of carbonyl (C=O) groups is 1. The summed E-state index contributed by atoms with van der Waals surface area (Å²) in [6, 6.07) is 3.21. The first-order chi connectivity index (χ1) is 9.47. The Balaban J connectivity index is 3.21. The molecule has 0 aliphatic heterocycles. The number of hydrogen-bond acceptors (Lipinski definition) is 6. The summed E-state index contributed by atoms with van der Waals surface area (Å²) in [5.41, 5.74) is 10.9. The van der Waals surface area contributed by atoms with Gasteiger partial charge >= 0.3 is 5.97 Å². The van der Waals surface area contributed by atoms with Crippen LogP contribution in [0.3, 0.4) is 0 Å². The Hall–Kier alpha value is -2.77. The smallest absolute Gasteiger partial charge is 0.308 e. The molecule has 1 rings (SSSR count). The minimum atomic E-state index is -0.483. The molecule has 1 aromatic carbocycles. The summed E-state index contributed by atoms with van der Waals surface area (Å²) >= 11 is 0. The highest BCUT2D eigenvalue weighted by atomic mass is 16.6. The molecule has 0 fully saturated rings. The molecular formula is C12H16N4O4. The number of guanidine groups is 1. The Morgan fingerprint density at radius 1 is 1.20 bits per heavy atom. The maximum absolute atomic E-state index is 11.1. The van der Waals surface area contributed by atoms with E-state index in [1.165, 1.54) is 27.4 Å². The van der Waals surface area contributed by atoms with Gasteiger partial charge in [0.05, 0.1) is 20.4 Å². The third kappa shape index (κ3) is 4.16. The zero-order valence-electron chi connectivity index (χ0n) is 11.4. The van der Waals surface area contributed by atoms with Gasteiger partial charge in [-0.1, -0.05) is 0 Å². The van der Waals surface area contributed by atoms with E-state index in [0.717, 1.165) is 0 Å². The zero-order valence-corrected chi connectivity index (χ0v) is 11.4. The van der Waals surface area contributed by atoms with Crippen LogP contribution < -0.4 is 25.7 Å². The van der Waals surface area contributed by atoms with Crippen LogP contribution in [0.5, 0.6) is 17.2 Å². The van der Waals surface area contributed by atoms with Gasteiger partial charge in [-0.2, -0.15) is 5.10 Å². The van der Waals surface area contributed by atoms with E-state index in [0.29, 0.717) is 17.1 Å². The predicted molar refractivity (Wildman–Crippen MR) is 74.3 cm³/mol. The van der Waals surface area contributed by atoms with Crippen LogP contribution >= 0.6 is 0 Å². The SMILES string of the molecule is COc1cc(/C=N/N=C(N)N)cc(OC)c1OC(C)=O. The molecule has 1 aromatic rings. The van der Waals surface area contributed by atoms with Crippen molar-refractivity contribution in [3.63, 3.8) is 0 Å². The van der Waals surface area contributed by atoms with Crippen molar-refractivity contribution in [1.29, 1.82) is 0 Å². The molecule has 4 N–H and O–H groups in total. The van der Waals surface area contributed by atoms with Crippen molar-refractivity contribution in [1.82, 2.24) is 0 Å². The summed E-state index contributed by atoms with van der Waals surface area (Å²) < 4.78 is 15.4. The van der Waals surface area contributed by atoms with E-state index in [9.17, 15) is 4.79 Å². The monoisotopic (exact) mass is 280 g/mol. The molecule has 0 atom stereocenters. The van der Waals surface area contributed by atoms with Gasteiger partial charge in [0.1, 0.15) is 0 Å². The van der Waals surface area contributed by atoms with Gasteiger partial charge in [0.15, 0.2) is 11.5 Å².